The Morgan fingerprint density at radius 1 is 0.972 bits per heavy atom. The molecule has 1 aromatic heterocycles. The molecule has 6 N–H and O–H groups in total. The third-order valence-corrected chi connectivity index (χ3v) is 8.27. The van der Waals surface area contributed by atoms with Gasteiger partial charge >= 0.3 is 0 Å². The molecular formula is C31H39N5. The molecule has 1 atom stereocenters. The van der Waals surface area contributed by atoms with E-state index in [4.69, 9.17) is 11.5 Å². The van der Waals surface area contributed by atoms with Crippen molar-refractivity contribution in [2.24, 2.45) is 11.5 Å². The third-order valence-electron chi connectivity index (χ3n) is 8.27. The Morgan fingerprint density at radius 2 is 1.81 bits per heavy atom. The van der Waals surface area contributed by atoms with Crippen LogP contribution in [0.15, 0.2) is 48.9 Å². The molecule has 5 rings (SSSR count). The van der Waals surface area contributed by atoms with Crippen molar-refractivity contribution in [1.29, 1.82) is 0 Å². The first-order valence-electron chi connectivity index (χ1n) is 13.6. The molecule has 5 nitrogen and oxygen atoms in total. The lowest BCUT2D eigenvalue weighted by atomic mass is 9.76. The van der Waals surface area contributed by atoms with E-state index in [0.717, 1.165) is 37.9 Å². The van der Waals surface area contributed by atoms with E-state index in [1.807, 2.05) is 0 Å². The van der Waals surface area contributed by atoms with Gasteiger partial charge in [-0.3, -0.25) is 5.32 Å². The van der Waals surface area contributed by atoms with Crippen molar-refractivity contribution >= 4 is 0 Å². The van der Waals surface area contributed by atoms with E-state index < -0.39 is 0 Å². The minimum Gasteiger partial charge on any atom is -0.338 e. The summed E-state index contributed by atoms with van der Waals surface area (Å²) in [5.74, 6) is 6.72. The molecule has 0 aliphatic heterocycles. The number of aromatic nitrogens is 2. The largest absolute Gasteiger partial charge is 0.338 e. The van der Waals surface area contributed by atoms with Gasteiger partial charge in [0.15, 0.2) is 0 Å². The number of nitrogens with one attached hydrogen (secondary N) is 2. The van der Waals surface area contributed by atoms with Crippen LogP contribution in [-0.4, -0.2) is 23.2 Å². The minimum absolute atomic E-state index is 0.286. The Balaban J connectivity index is 1.46. The van der Waals surface area contributed by atoms with Crippen molar-refractivity contribution < 1.29 is 0 Å². The maximum atomic E-state index is 5.87. The number of hydrogen-bond acceptors (Lipinski definition) is 4. The summed E-state index contributed by atoms with van der Waals surface area (Å²) in [7, 11) is 0. The molecule has 5 heteroatoms. The van der Waals surface area contributed by atoms with Gasteiger partial charge in [-0.1, -0.05) is 61.9 Å². The van der Waals surface area contributed by atoms with Crippen LogP contribution in [-0.2, 0) is 11.8 Å². The van der Waals surface area contributed by atoms with Crippen LogP contribution in [0.3, 0.4) is 0 Å². The van der Waals surface area contributed by atoms with Gasteiger partial charge in [0.25, 0.3) is 0 Å². The maximum Gasteiger partial charge on any atom is 0.109 e. The lowest BCUT2D eigenvalue weighted by Crippen LogP contribution is -2.27. The van der Waals surface area contributed by atoms with Crippen LogP contribution >= 0.6 is 0 Å². The number of H-pyrrole nitrogens is 1. The summed E-state index contributed by atoms with van der Waals surface area (Å²) in [4.78, 5) is 7.20. The van der Waals surface area contributed by atoms with Crippen molar-refractivity contribution in [2.45, 2.75) is 75.7 Å². The Kier molecular flexibility index (Phi) is 7.87. The predicted octanol–water partition coefficient (Wildman–Crippen LogP) is 5.30. The first kappa shape index (κ1) is 24.8. The number of unbranched alkanes of at least 4 members (excludes halogenated alkanes) is 2. The van der Waals surface area contributed by atoms with Gasteiger partial charge in [-0.15, -0.1) is 0 Å². The van der Waals surface area contributed by atoms with Crippen LogP contribution in [0, 0.1) is 11.8 Å². The van der Waals surface area contributed by atoms with E-state index in [0.29, 0.717) is 12.1 Å². The lowest BCUT2D eigenvalue weighted by Gasteiger charge is -2.28. The van der Waals surface area contributed by atoms with Crippen molar-refractivity contribution in [1.82, 2.24) is 15.3 Å². The molecule has 1 spiro atoms. The van der Waals surface area contributed by atoms with Gasteiger partial charge in [-0.25, -0.2) is 4.98 Å². The predicted molar refractivity (Wildman–Crippen MR) is 147 cm³/mol. The number of rotatable bonds is 9. The molecule has 1 heterocycles. The number of nitrogens with zero attached hydrogens (tertiary/aromatic N) is 1. The summed E-state index contributed by atoms with van der Waals surface area (Å²) in [6.07, 6.45) is 15.6. The highest BCUT2D eigenvalue weighted by molar-refractivity contribution is 5.74. The zero-order valence-corrected chi connectivity index (χ0v) is 21.3. The monoisotopic (exact) mass is 481 g/mol. The number of hydrogen-bond donors (Lipinski definition) is 4. The van der Waals surface area contributed by atoms with E-state index in [-0.39, 0.29) is 6.04 Å². The topological polar surface area (TPSA) is 92.8 Å². The van der Waals surface area contributed by atoms with Crippen LogP contribution < -0.4 is 16.8 Å². The third kappa shape index (κ3) is 5.13. The van der Waals surface area contributed by atoms with Crippen molar-refractivity contribution in [2.75, 3.05) is 13.2 Å². The zero-order valence-electron chi connectivity index (χ0n) is 21.3. The number of benzene rings is 2. The molecule has 188 valence electrons. The second kappa shape index (κ2) is 11.4. The Hall–Kier alpha value is -2.91. The van der Waals surface area contributed by atoms with Gasteiger partial charge < -0.3 is 16.5 Å². The van der Waals surface area contributed by atoms with Gasteiger partial charge in [0.2, 0.25) is 0 Å². The first-order chi connectivity index (χ1) is 17.7. The van der Waals surface area contributed by atoms with E-state index in [1.54, 1.807) is 18.1 Å². The molecule has 1 saturated carbocycles. The molecule has 2 aliphatic rings. The average molecular weight is 482 g/mol. The van der Waals surface area contributed by atoms with Crippen LogP contribution in [0.25, 0.3) is 11.1 Å². The number of nitrogens with two attached hydrogens (primary N) is 2. The van der Waals surface area contributed by atoms with Gasteiger partial charge in [0, 0.05) is 18.3 Å². The quantitative estimate of drug-likeness (QED) is 0.190. The van der Waals surface area contributed by atoms with Gasteiger partial charge in [-0.2, -0.15) is 0 Å². The normalized spacial score (nSPS) is 16.6. The molecular weight excluding hydrogens is 442 g/mol. The fourth-order valence-electron chi connectivity index (χ4n) is 6.46. The molecule has 1 unspecified atom stereocenters. The summed E-state index contributed by atoms with van der Waals surface area (Å²) in [6.45, 7) is 1.25. The highest BCUT2D eigenvalue weighted by Gasteiger charge is 2.43. The van der Waals surface area contributed by atoms with E-state index in [1.165, 1.54) is 66.3 Å². The smallest absolute Gasteiger partial charge is 0.109 e. The summed E-state index contributed by atoms with van der Waals surface area (Å²) >= 11 is 0. The number of fused-ring (bicyclic) bond motifs is 2. The van der Waals surface area contributed by atoms with Gasteiger partial charge in [0.05, 0.1) is 12.5 Å². The second-order valence-electron chi connectivity index (χ2n) is 10.4. The van der Waals surface area contributed by atoms with Crippen LogP contribution in [0.4, 0.5) is 0 Å². The molecule has 36 heavy (non-hydrogen) atoms. The lowest BCUT2D eigenvalue weighted by molar-refractivity contribution is 0.440. The van der Waals surface area contributed by atoms with Crippen LogP contribution in [0.5, 0.6) is 0 Å². The van der Waals surface area contributed by atoms with Gasteiger partial charge in [0.1, 0.15) is 5.69 Å². The first-order valence-corrected chi connectivity index (χ1v) is 13.6. The summed E-state index contributed by atoms with van der Waals surface area (Å²) in [6, 6.07) is 14.0. The highest BCUT2D eigenvalue weighted by atomic mass is 15.0. The molecule has 0 radical (unpaired) electrons. The number of imidazole rings is 1. The summed E-state index contributed by atoms with van der Waals surface area (Å²) < 4.78 is 0. The highest BCUT2D eigenvalue weighted by Crippen LogP contribution is 2.54. The molecule has 3 aromatic rings. The molecule has 2 aromatic carbocycles. The minimum atomic E-state index is 0.286. The zero-order chi connectivity index (χ0) is 24.8. The molecule has 1 fully saturated rings. The maximum absolute atomic E-state index is 5.87. The average Bonchev–Trinajstić information content (AvgIpc) is 3.68. The Morgan fingerprint density at radius 3 is 2.53 bits per heavy atom. The standard InChI is InChI=1S/C31H39N5/c32-19-5-1-2-6-29(35-21-33)25-9-7-23(8-10-25)27-14-12-24(11-13-26-20-34-22-36-26)28-15-18-31(30(27)28)16-3-4-17-31/h7-10,12,14,20,22,29,35H,1-6,15-19,21,32-33H2,(H,34,36). The summed E-state index contributed by atoms with van der Waals surface area (Å²) in [5, 5.41) is 3.47. The molecule has 0 bridgehead atoms. The van der Waals surface area contributed by atoms with Crippen LogP contribution in [0.1, 0.15) is 91.8 Å². The summed E-state index contributed by atoms with van der Waals surface area (Å²) in [5.41, 5.74) is 21.0. The van der Waals surface area contributed by atoms with Crippen molar-refractivity contribution in [3.63, 3.8) is 0 Å². The fourth-order valence-corrected chi connectivity index (χ4v) is 6.46. The second-order valence-corrected chi connectivity index (χ2v) is 10.4. The van der Waals surface area contributed by atoms with Crippen molar-refractivity contribution in [3.05, 3.63) is 76.9 Å². The Labute approximate surface area is 215 Å². The van der Waals surface area contributed by atoms with E-state index in [2.05, 4.69) is 63.5 Å². The fraction of sp³-hybridized carbons (Fsp3) is 0.452. The molecule has 0 amide bonds. The number of aromatic amines is 1. The van der Waals surface area contributed by atoms with Crippen LogP contribution in [0.2, 0.25) is 0 Å². The Bertz CT molecular complexity index is 1190. The van der Waals surface area contributed by atoms with Gasteiger partial charge in [-0.05, 0) is 90.3 Å². The molecule has 0 saturated heterocycles. The molecule has 2 aliphatic carbocycles. The van der Waals surface area contributed by atoms with E-state index >= 15 is 0 Å². The van der Waals surface area contributed by atoms with E-state index in [9.17, 15) is 0 Å². The SMILES string of the molecule is NCCCCCC(NCN)c1ccc(-c2ccc(C#Cc3cnc[nH]3)c3c2C2(CCCC2)CC3)cc1. The van der Waals surface area contributed by atoms with Crippen molar-refractivity contribution in [3.8, 4) is 23.0 Å².